The maximum Gasteiger partial charge on any atom is 0.230 e. The van der Waals surface area contributed by atoms with Gasteiger partial charge in [0.15, 0.2) is 0 Å². The first-order valence-electron chi connectivity index (χ1n) is 7.84. The summed E-state index contributed by atoms with van der Waals surface area (Å²) in [5, 5.41) is 5.64. The Labute approximate surface area is 149 Å². The van der Waals surface area contributed by atoms with Crippen LogP contribution in [0.4, 0.5) is 5.69 Å². The van der Waals surface area contributed by atoms with Crippen molar-refractivity contribution in [3.05, 3.63) is 58.8 Å². The number of halogens is 1. The number of rotatable bonds is 6. The number of carbonyl (C=O) groups is 2. The predicted octanol–water partition coefficient (Wildman–Crippen LogP) is 3.02. The Balaban J connectivity index is 1.49. The van der Waals surface area contributed by atoms with Crippen LogP contribution in [0.2, 0.25) is 0 Å². The van der Waals surface area contributed by atoms with Gasteiger partial charge in [0, 0.05) is 23.6 Å². The van der Waals surface area contributed by atoms with E-state index in [1.54, 1.807) is 24.5 Å². The maximum atomic E-state index is 12.5. The minimum atomic E-state index is -0.416. The van der Waals surface area contributed by atoms with Crippen molar-refractivity contribution >= 4 is 33.4 Å². The molecule has 1 aromatic carbocycles. The fourth-order valence-electron chi connectivity index (χ4n) is 2.66. The number of carbonyl (C=O) groups excluding carboxylic acids is 2. The molecule has 2 N–H and O–H groups in total. The normalized spacial score (nSPS) is 14.7. The summed E-state index contributed by atoms with van der Waals surface area (Å²) in [6.07, 6.45) is 5.16. The Bertz CT molecular complexity index is 728. The molecule has 0 aliphatic heterocycles. The molecular formula is C18H18BrN3O2. The second-order valence-electron chi connectivity index (χ2n) is 5.88. The Morgan fingerprint density at radius 2 is 1.92 bits per heavy atom. The Kier molecular flexibility index (Phi) is 4.94. The molecule has 1 heterocycles. The fourth-order valence-corrected chi connectivity index (χ4v) is 2.92. The van der Waals surface area contributed by atoms with Gasteiger partial charge >= 0.3 is 0 Å². The van der Waals surface area contributed by atoms with E-state index in [0.29, 0.717) is 12.2 Å². The third kappa shape index (κ3) is 3.82. The minimum Gasteiger partial charge on any atom is -0.355 e. The quantitative estimate of drug-likeness (QED) is 0.799. The number of benzene rings is 1. The summed E-state index contributed by atoms with van der Waals surface area (Å²) in [5.74, 6) is -0.143. The van der Waals surface area contributed by atoms with Gasteiger partial charge in [0.25, 0.3) is 0 Å². The molecule has 6 heteroatoms. The lowest BCUT2D eigenvalue weighted by molar-refractivity contribution is -0.123. The molecule has 1 saturated carbocycles. The maximum absolute atomic E-state index is 12.5. The molecule has 3 rings (SSSR count). The van der Waals surface area contributed by atoms with E-state index in [0.717, 1.165) is 22.9 Å². The number of pyridine rings is 1. The SMILES string of the molecule is O=C(CCNC(=O)C1(c2ccc(Br)cc2)CC1)Nc1cccnc1. The predicted molar refractivity (Wildman–Crippen MR) is 95.5 cm³/mol. The first kappa shape index (κ1) is 16.6. The van der Waals surface area contributed by atoms with Crippen LogP contribution in [0.5, 0.6) is 0 Å². The van der Waals surface area contributed by atoms with Crippen molar-refractivity contribution in [3.8, 4) is 0 Å². The lowest BCUT2D eigenvalue weighted by atomic mass is 9.95. The third-order valence-electron chi connectivity index (χ3n) is 4.16. The van der Waals surface area contributed by atoms with E-state index < -0.39 is 5.41 Å². The van der Waals surface area contributed by atoms with Crippen molar-refractivity contribution in [1.82, 2.24) is 10.3 Å². The van der Waals surface area contributed by atoms with Crippen molar-refractivity contribution in [2.24, 2.45) is 0 Å². The molecular weight excluding hydrogens is 370 g/mol. The first-order valence-corrected chi connectivity index (χ1v) is 8.64. The molecule has 124 valence electrons. The number of hydrogen-bond donors (Lipinski definition) is 2. The van der Waals surface area contributed by atoms with Gasteiger partial charge in [0.05, 0.1) is 17.3 Å². The highest BCUT2D eigenvalue weighted by atomic mass is 79.9. The number of nitrogens with one attached hydrogen (secondary N) is 2. The highest BCUT2D eigenvalue weighted by Gasteiger charge is 2.50. The summed E-state index contributed by atoms with van der Waals surface area (Å²) in [5.41, 5.74) is 1.27. The summed E-state index contributed by atoms with van der Waals surface area (Å²) < 4.78 is 0.995. The van der Waals surface area contributed by atoms with Gasteiger partial charge in [-0.05, 0) is 42.7 Å². The van der Waals surface area contributed by atoms with Crippen LogP contribution < -0.4 is 10.6 Å². The van der Waals surface area contributed by atoms with Gasteiger partial charge in [0.1, 0.15) is 0 Å². The molecule has 0 radical (unpaired) electrons. The van der Waals surface area contributed by atoms with Gasteiger partial charge in [-0.3, -0.25) is 14.6 Å². The molecule has 0 spiro atoms. The largest absolute Gasteiger partial charge is 0.355 e. The van der Waals surface area contributed by atoms with Crippen LogP contribution in [0.1, 0.15) is 24.8 Å². The molecule has 1 aromatic heterocycles. The van der Waals surface area contributed by atoms with Crippen molar-refractivity contribution in [1.29, 1.82) is 0 Å². The number of aromatic nitrogens is 1. The summed E-state index contributed by atoms with van der Waals surface area (Å²) in [6, 6.07) is 11.4. The minimum absolute atomic E-state index is 0.000926. The van der Waals surface area contributed by atoms with Crippen molar-refractivity contribution in [2.75, 3.05) is 11.9 Å². The highest BCUT2D eigenvalue weighted by Crippen LogP contribution is 2.48. The van der Waals surface area contributed by atoms with Gasteiger partial charge in [0.2, 0.25) is 11.8 Å². The van der Waals surface area contributed by atoms with Crippen LogP contribution in [-0.4, -0.2) is 23.3 Å². The monoisotopic (exact) mass is 387 g/mol. The smallest absolute Gasteiger partial charge is 0.230 e. The average molecular weight is 388 g/mol. The van der Waals surface area contributed by atoms with Gasteiger partial charge in [-0.25, -0.2) is 0 Å². The molecule has 1 aliphatic carbocycles. The lowest BCUT2D eigenvalue weighted by Crippen LogP contribution is -2.36. The summed E-state index contributed by atoms with van der Waals surface area (Å²) in [4.78, 5) is 28.3. The van der Waals surface area contributed by atoms with Crippen LogP contribution in [0, 0.1) is 0 Å². The molecule has 1 aliphatic rings. The number of nitrogens with zero attached hydrogens (tertiary/aromatic N) is 1. The number of amides is 2. The van der Waals surface area contributed by atoms with Crippen LogP contribution in [-0.2, 0) is 15.0 Å². The lowest BCUT2D eigenvalue weighted by Gasteiger charge is -2.16. The second kappa shape index (κ2) is 7.13. The highest BCUT2D eigenvalue weighted by molar-refractivity contribution is 9.10. The van der Waals surface area contributed by atoms with E-state index in [4.69, 9.17) is 0 Å². The van der Waals surface area contributed by atoms with E-state index in [2.05, 4.69) is 31.5 Å². The van der Waals surface area contributed by atoms with Gasteiger partial charge < -0.3 is 10.6 Å². The fraction of sp³-hybridized carbons (Fsp3) is 0.278. The summed E-state index contributed by atoms with van der Waals surface area (Å²) in [6.45, 7) is 0.323. The molecule has 0 unspecified atom stereocenters. The van der Waals surface area contributed by atoms with Crippen molar-refractivity contribution in [2.45, 2.75) is 24.7 Å². The van der Waals surface area contributed by atoms with E-state index in [1.165, 1.54) is 0 Å². The molecule has 24 heavy (non-hydrogen) atoms. The molecule has 0 saturated heterocycles. The molecule has 2 aromatic rings. The molecule has 0 atom stereocenters. The molecule has 0 bridgehead atoms. The van der Waals surface area contributed by atoms with Crippen LogP contribution in [0.15, 0.2) is 53.3 Å². The van der Waals surface area contributed by atoms with Gasteiger partial charge in [-0.15, -0.1) is 0 Å². The Hall–Kier alpha value is -2.21. The number of hydrogen-bond acceptors (Lipinski definition) is 3. The van der Waals surface area contributed by atoms with E-state index in [-0.39, 0.29) is 18.2 Å². The number of anilines is 1. The van der Waals surface area contributed by atoms with Gasteiger partial charge in [-0.1, -0.05) is 28.1 Å². The zero-order valence-electron chi connectivity index (χ0n) is 13.1. The molecule has 2 amide bonds. The van der Waals surface area contributed by atoms with Crippen LogP contribution in [0.3, 0.4) is 0 Å². The standard InChI is InChI=1S/C18H18BrN3O2/c19-14-5-3-13(4-6-14)18(8-9-18)17(24)21-11-7-16(23)22-15-2-1-10-20-12-15/h1-6,10,12H,7-9,11H2,(H,21,24)(H,22,23). The van der Waals surface area contributed by atoms with Gasteiger partial charge in [-0.2, -0.15) is 0 Å². The van der Waals surface area contributed by atoms with Crippen molar-refractivity contribution in [3.63, 3.8) is 0 Å². The third-order valence-corrected chi connectivity index (χ3v) is 4.69. The van der Waals surface area contributed by atoms with Crippen molar-refractivity contribution < 1.29 is 9.59 Å². The molecule has 5 nitrogen and oxygen atoms in total. The van der Waals surface area contributed by atoms with Crippen LogP contribution >= 0.6 is 15.9 Å². The zero-order valence-corrected chi connectivity index (χ0v) is 14.7. The van der Waals surface area contributed by atoms with E-state index in [9.17, 15) is 9.59 Å². The Morgan fingerprint density at radius 3 is 2.54 bits per heavy atom. The summed E-state index contributed by atoms with van der Waals surface area (Å²) >= 11 is 3.41. The average Bonchev–Trinajstić information content (AvgIpc) is 3.38. The first-order chi connectivity index (χ1) is 11.6. The van der Waals surface area contributed by atoms with Crippen LogP contribution in [0.25, 0.3) is 0 Å². The second-order valence-corrected chi connectivity index (χ2v) is 6.80. The van der Waals surface area contributed by atoms with E-state index >= 15 is 0 Å². The van der Waals surface area contributed by atoms with E-state index in [1.807, 2.05) is 24.3 Å². The zero-order chi connectivity index (χ0) is 17.0. The topological polar surface area (TPSA) is 71.1 Å². The molecule has 1 fully saturated rings. The summed E-state index contributed by atoms with van der Waals surface area (Å²) in [7, 11) is 0. The Morgan fingerprint density at radius 1 is 1.17 bits per heavy atom.